The zero-order valence-electron chi connectivity index (χ0n) is 13.5. The van der Waals surface area contributed by atoms with Crippen LogP contribution in [0.5, 0.6) is 5.75 Å². The lowest BCUT2D eigenvalue weighted by Crippen LogP contribution is -2.32. The number of nitrogens with one attached hydrogen (secondary N) is 1. The van der Waals surface area contributed by atoms with Crippen molar-refractivity contribution >= 4 is 17.6 Å². The van der Waals surface area contributed by atoms with Crippen molar-refractivity contribution in [3.8, 4) is 5.75 Å². The Morgan fingerprint density at radius 1 is 1.26 bits per heavy atom. The molecule has 1 aromatic rings. The Kier molecular flexibility index (Phi) is 6.40. The van der Waals surface area contributed by atoms with Crippen LogP contribution in [-0.4, -0.2) is 48.1 Å². The van der Waals surface area contributed by atoms with Crippen LogP contribution >= 0.6 is 0 Å². The molecule has 1 aliphatic heterocycles. The Balaban J connectivity index is 1.85. The van der Waals surface area contributed by atoms with Gasteiger partial charge in [0, 0.05) is 24.7 Å². The number of anilines is 1. The zero-order chi connectivity index (χ0) is 16.7. The van der Waals surface area contributed by atoms with Crippen molar-refractivity contribution in [2.24, 2.45) is 0 Å². The number of carbonyl (C=O) groups is 2. The third kappa shape index (κ3) is 5.25. The monoisotopic (exact) mass is 320 g/mol. The van der Waals surface area contributed by atoms with Gasteiger partial charge >= 0.3 is 5.97 Å². The topological polar surface area (TPSA) is 78.9 Å². The van der Waals surface area contributed by atoms with Gasteiger partial charge in [0.05, 0.1) is 6.61 Å². The van der Waals surface area contributed by atoms with Crippen LogP contribution in [0.15, 0.2) is 18.2 Å². The second-order valence-corrected chi connectivity index (χ2v) is 5.65. The van der Waals surface area contributed by atoms with Crippen LogP contribution in [-0.2, 0) is 9.53 Å². The number of rotatable bonds is 6. The number of ether oxygens (including phenoxy) is 1. The number of phenols is 1. The number of nitrogens with zero attached hydrogens (tertiary/aromatic N) is 1. The molecule has 2 rings (SSSR count). The van der Waals surface area contributed by atoms with E-state index in [1.807, 2.05) is 0 Å². The van der Waals surface area contributed by atoms with Crippen LogP contribution < -0.4 is 5.32 Å². The summed E-state index contributed by atoms with van der Waals surface area (Å²) in [6.45, 7) is 4.81. The van der Waals surface area contributed by atoms with E-state index in [1.54, 1.807) is 13.0 Å². The average Bonchev–Trinajstić information content (AvgIpc) is 2.54. The van der Waals surface area contributed by atoms with Crippen LogP contribution in [0.25, 0.3) is 0 Å². The SMILES string of the molecule is CCOC(=O)c1ccc(NC(=O)CCN2CCCCC2)cc1O. The first-order valence-corrected chi connectivity index (χ1v) is 8.12. The molecular formula is C17H24N2O4. The summed E-state index contributed by atoms with van der Waals surface area (Å²) < 4.78 is 4.84. The maximum Gasteiger partial charge on any atom is 0.341 e. The van der Waals surface area contributed by atoms with Gasteiger partial charge in [-0.05, 0) is 45.0 Å². The highest BCUT2D eigenvalue weighted by atomic mass is 16.5. The van der Waals surface area contributed by atoms with E-state index in [9.17, 15) is 14.7 Å². The molecule has 0 radical (unpaired) electrons. The maximum atomic E-state index is 12.0. The summed E-state index contributed by atoms with van der Waals surface area (Å²) in [4.78, 5) is 25.9. The quantitative estimate of drug-likeness (QED) is 0.787. The molecule has 126 valence electrons. The van der Waals surface area contributed by atoms with Gasteiger partial charge in [-0.25, -0.2) is 4.79 Å². The minimum atomic E-state index is -0.576. The molecule has 0 atom stereocenters. The number of piperidine rings is 1. The first-order chi connectivity index (χ1) is 11.1. The molecule has 1 heterocycles. The number of esters is 1. The zero-order valence-corrected chi connectivity index (χ0v) is 13.5. The number of carbonyl (C=O) groups excluding carboxylic acids is 2. The van der Waals surface area contributed by atoms with E-state index in [2.05, 4.69) is 10.2 Å². The third-order valence-electron chi connectivity index (χ3n) is 3.88. The fourth-order valence-electron chi connectivity index (χ4n) is 2.66. The number of hydrogen-bond acceptors (Lipinski definition) is 5. The van der Waals surface area contributed by atoms with Crippen LogP contribution in [0, 0.1) is 0 Å². The largest absolute Gasteiger partial charge is 0.507 e. The lowest BCUT2D eigenvalue weighted by atomic mass is 10.1. The summed E-state index contributed by atoms with van der Waals surface area (Å²) in [7, 11) is 0. The van der Waals surface area contributed by atoms with E-state index in [1.165, 1.54) is 31.4 Å². The van der Waals surface area contributed by atoms with Gasteiger partial charge in [0.15, 0.2) is 0 Å². The summed E-state index contributed by atoms with van der Waals surface area (Å²) in [5.74, 6) is -0.871. The number of aromatic hydroxyl groups is 1. The average molecular weight is 320 g/mol. The van der Waals surface area contributed by atoms with Crippen LogP contribution in [0.1, 0.15) is 43.0 Å². The Morgan fingerprint density at radius 2 is 2.00 bits per heavy atom. The number of benzene rings is 1. The predicted molar refractivity (Wildman–Crippen MR) is 87.6 cm³/mol. The molecule has 0 aromatic heterocycles. The summed E-state index contributed by atoms with van der Waals surface area (Å²) in [5.41, 5.74) is 0.567. The van der Waals surface area contributed by atoms with Gasteiger partial charge in [0.25, 0.3) is 0 Å². The molecule has 0 aliphatic carbocycles. The Morgan fingerprint density at radius 3 is 2.65 bits per heavy atom. The predicted octanol–water partition coefficient (Wildman–Crippen LogP) is 2.38. The van der Waals surface area contributed by atoms with Gasteiger partial charge in [-0.2, -0.15) is 0 Å². The lowest BCUT2D eigenvalue weighted by Gasteiger charge is -2.25. The number of likely N-dealkylation sites (tertiary alicyclic amines) is 1. The fraction of sp³-hybridized carbons (Fsp3) is 0.529. The van der Waals surface area contributed by atoms with Crippen LogP contribution in [0.3, 0.4) is 0 Å². The molecule has 1 saturated heterocycles. The van der Waals surface area contributed by atoms with Gasteiger partial charge in [0.2, 0.25) is 5.91 Å². The first kappa shape index (κ1) is 17.3. The number of phenolic OH excluding ortho intramolecular Hbond substituents is 1. The van der Waals surface area contributed by atoms with E-state index in [-0.39, 0.29) is 23.8 Å². The molecule has 1 aromatic carbocycles. The maximum absolute atomic E-state index is 12.0. The smallest absolute Gasteiger partial charge is 0.341 e. The molecule has 1 fully saturated rings. The fourth-order valence-corrected chi connectivity index (χ4v) is 2.66. The molecule has 6 heteroatoms. The van der Waals surface area contributed by atoms with Gasteiger partial charge < -0.3 is 20.1 Å². The van der Waals surface area contributed by atoms with E-state index in [0.717, 1.165) is 19.6 Å². The second-order valence-electron chi connectivity index (χ2n) is 5.65. The standard InChI is InChI=1S/C17H24N2O4/c1-2-23-17(22)14-7-6-13(12-15(14)20)18-16(21)8-11-19-9-4-3-5-10-19/h6-7,12,20H,2-5,8-11H2,1H3,(H,18,21). The van der Waals surface area contributed by atoms with E-state index in [0.29, 0.717) is 12.1 Å². The molecule has 6 nitrogen and oxygen atoms in total. The molecular weight excluding hydrogens is 296 g/mol. The normalized spacial score (nSPS) is 15.2. The molecule has 0 unspecified atom stereocenters. The number of amides is 1. The van der Waals surface area contributed by atoms with E-state index in [4.69, 9.17) is 4.74 Å². The van der Waals surface area contributed by atoms with Gasteiger partial charge in [-0.1, -0.05) is 6.42 Å². The molecule has 1 aliphatic rings. The molecule has 2 N–H and O–H groups in total. The van der Waals surface area contributed by atoms with Crippen molar-refractivity contribution in [1.29, 1.82) is 0 Å². The van der Waals surface area contributed by atoms with Crippen LogP contribution in [0.4, 0.5) is 5.69 Å². The van der Waals surface area contributed by atoms with Crippen LogP contribution in [0.2, 0.25) is 0 Å². The molecule has 0 saturated carbocycles. The Labute approximate surface area is 136 Å². The highest BCUT2D eigenvalue weighted by Gasteiger charge is 2.14. The van der Waals surface area contributed by atoms with E-state index >= 15 is 0 Å². The second kappa shape index (κ2) is 8.53. The van der Waals surface area contributed by atoms with Crippen molar-refractivity contribution < 1.29 is 19.4 Å². The van der Waals surface area contributed by atoms with Crippen molar-refractivity contribution in [2.45, 2.75) is 32.6 Å². The summed E-state index contributed by atoms with van der Waals surface area (Å²) in [6.07, 6.45) is 4.09. The van der Waals surface area contributed by atoms with Gasteiger partial charge in [-0.3, -0.25) is 4.79 Å². The van der Waals surface area contributed by atoms with E-state index < -0.39 is 5.97 Å². The van der Waals surface area contributed by atoms with Gasteiger partial charge in [-0.15, -0.1) is 0 Å². The van der Waals surface area contributed by atoms with Crippen molar-refractivity contribution in [3.63, 3.8) is 0 Å². The summed E-state index contributed by atoms with van der Waals surface area (Å²) >= 11 is 0. The Hall–Kier alpha value is -2.08. The summed E-state index contributed by atoms with van der Waals surface area (Å²) in [5, 5.41) is 12.6. The van der Waals surface area contributed by atoms with Gasteiger partial charge in [0.1, 0.15) is 11.3 Å². The first-order valence-electron chi connectivity index (χ1n) is 8.12. The van der Waals surface area contributed by atoms with Crippen molar-refractivity contribution in [1.82, 2.24) is 4.90 Å². The minimum absolute atomic E-state index is 0.0955. The van der Waals surface area contributed by atoms with Crippen molar-refractivity contribution in [2.75, 3.05) is 31.6 Å². The molecule has 0 bridgehead atoms. The molecule has 1 amide bonds. The summed E-state index contributed by atoms with van der Waals surface area (Å²) in [6, 6.07) is 4.41. The highest BCUT2D eigenvalue weighted by Crippen LogP contribution is 2.23. The minimum Gasteiger partial charge on any atom is -0.507 e. The molecule has 0 spiro atoms. The van der Waals surface area contributed by atoms with Crippen molar-refractivity contribution in [3.05, 3.63) is 23.8 Å². The third-order valence-corrected chi connectivity index (χ3v) is 3.88. The highest BCUT2D eigenvalue weighted by molar-refractivity contribution is 5.95. The number of hydrogen-bond donors (Lipinski definition) is 2. The lowest BCUT2D eigenvalue weighted by molar-refractivity contribution is -0.116. The molecule has 23 heavy (non-hydrogen) atoms. The Bertz CT molecular complexity index is 554.